The molecule has 1 aromatic heterocycles. The van der Waals surface area contributed by atoms with Gasteiger partial charge in [0.15, 0.2) is 11.5 Å². The molecule has 7 heteroatoms. The molecule has 2 rings (SSSR count). The van der Waals surface area contributed by atoms with Crippen LogP contribution in [0.1, 0.15) is 36.7 Å². The minimum atomic E-state index is -0.351. The zero-order chi connectivity index (χ0) is 19.6. The average Bonchev–Trinajstić information content (AvgIpc) is 2.65. The summed E-state index contributed by atoms with van der Waals surface area (Å²) in [4.78, 5) is 27.9. The van der Waals surface area contributed by atoms with Crippen LogP contribution in [0.15, 0.2) is 42.7 Å². The summed E-state index contributed by atoms with van der Waals surface area (Å²) in [5.41, 5.74) is 1.37. The van der Waals surface area contributed by atoms with Gasteiger partial charge in [-0.15, -0.1) is 0 Å². The van der Waals surface area contributed by atoms with Gasteiger partial charge in [0.05, 0.1) is 13.2 Å². The van der Waals surface area contributed by atoms with E-state index in [1.807, 2.05) is 32.9 Å². The Bertz CT molecular complexity index is 763. The molecular formula is C20H25N3O4. The highest BCUT2D eigenvalue weighted by Crippen LogP contribution is 2.29. The first kappa shape index (κ1) is 20.2. The molecule has 0 bridgehead atoms. The van der Waals surface area contributed by atoms with Crippen molar-refractivity contribution >= 4 is 11.8 Å². The predicted molar refractivity (Wildman–Crippen MR) is 102 cm³/mol. The molecule has 0 saturated heterocycles. The van der Waals surface area contributed by atoms with Crippen molar-refractivity contribution in [2.24, 2.45) is 0 Å². The van der Waals surface area contributed by atoms with E-state index in [0.717, 1.165) is 5.56 Å². The van der Waals surface area contributed by atoms with E-state index in [2.05, 4.69) is 15.6 Å². The molecule has 7 nitrogen and oxygen atoms in total. The molecule has 0 spiro atoms. The molecule has 1 aromatic carbocycles. The number of amides is 2. The second-order valence-corrected chi connectivity index (χ2v) is 6.14. The van der Waals surface area contributed by atoms with Gasteiger partial charge in [0.2, 0.25) is 5.91 Å². The maximum atomic E-state index is 12.3. The van der Waals surface area contributed by atoms with E-state index in [-0.39, 0.29) is 24.4 Å². The molecule has 2 amide bonds. The van der Waals surface area contributed by atoms with Crippen molar-refractivity contribution < 1.29 is 19.1 Å². The van der Waals surface area contributed by atoms with Crippen LogP contribution < -0.4 is 20.1 Å². The van der Waals surface area contributed by atoms with Crippen LogP contribution in [-0.2, 0) is 11.4 Å². The van der Waals surface area contributed by atoms with Crippen LogP contribution in [-0.4, -0.2) is 36.0 Å². The largest absolute Gasteiger partial charge is 0.490 e. The van der Waals surface area contributed by atoms with E-state index in [4.69, 9.17) is 9.47 Å². The summed E-state index contributed by atoms with van der Waals surface area (Å²) in [5.74, 6) is 0.435. The molecule has 0 aliphatic heterocycles. The Morgan fingerprint density at radius 1 is 1.07 bits per heavy atom. The Hall–Kier alpha value is -3.09. The number of ether oxygens (including phenoxy) is 2. The normalized spacial score (nSPS) is 10.4. The zero-order valence-corrected chi connectivity index (χ0v) is 15.8. The van der Waals surface area contributed by atoms with Crippen LogP contribution in [0.3, 0.4) is 0 Å². The van der Waals surface area contributed by atoms with Crippen molar-refractivity contribution in [1.82, 2.24) is 15.6 Å². The number of benzene rings is 1. The fourth-order valence-electron chi connectivity index (χ4n) is 2.31. The first-order valence-electron chi connectivity index (χ1n) is 8.85. The number of carbonyl (C=O) groups excluding carboxylic acids is 2. The van der Waals surface area contributed by atoms with E-state index in [1.54, 1.807) is 30.6 Å². The number of hydrogen-bond donors (Lipinski definition) is 2. The Balaban J connectivity index is 2.02. The molecular weight excluding hydrogens is 346 g/mol. The number of pyridine rings is 1. The molecule has 0 saturated carbocycles. The van der Waals surface area contributed by atoms with Gasteiger partial charge in [-0.25, -0.2) is 0 Å². The van der Waals surface area contributed by atoms with Crippen LogP contribution >= 0.6 is 0 Å². The Morgan fingerprint density at radius 2 is 1.81 bits per heavy atom. The van der Waals surface area contributed by atoms with Crippen molar-refractivity contribution in [3.63, 3.8) is 0 Å². The molecule has 1 heterocycles. The lowest BCUT2D eigenvalue weighted by Crippen LogP contribution is -2.39. The highest BCUT2D eigenvalue weighted by Gasteiger charge is 2.13. The number of nitrogens with zero attached hydrogens (tertiary/aromatic N) is 1. The lowest BCUT2D eigenvalue weighted by Gasteiger charge is -2.14. The van der Waals surface area contributed by atoms with Crippen LogP contribution in [0.2, 0.25) is 0 Å². The molecule has 0 aliphatic rings. The summed E-state index contributed by atoms with van der Waals surface area (Å²) in [5, 5.41) is 5.32. The Morgan fingerprint density at radius 3 is 2.48 bits per heavy atom. The van der Waals surface area contributed by atoms with Crippen LogP contribution in [0.5, 0.6) is 11.5 Å². The Kier molecular flexibility index (Phi) is 7.61. The first-order chi connectivity index (χ1) is 13.0. The fourth-order valence-corrected chi connectivity index (χ4v) is 2.31. The first-order valence-corrected chi connectivity index (χ1v) is 8.85. The SMILES string of the molecule is CCOc1cc(C(=O)NCC(=O)NC(C)C)ccc1OCc1ccncc1. The highest BCUT2D eigenvalue weighted by atomic mass is 16.5. The van der Waals surface area contributed by atoms with Gasteiger partial charge in [-0.2, -0.15) is 0 Å². The predicted octanol–water partition coefficient (Wildman–Crippen LogP) is 2.31. The van der Waals surface area contributed by atoms with E-state index >= 15 is 0 Å². The van der Waals surface area contributed by atoms with Crippen molar-refractivity contribution in [1.29, 1.82) is 0 Å². The number of carbonyl (C=O) groups is 2. The number of aromatic nitrogens is 1. The van der Waals surface area contributed by atoms with Crippen molar-refractivity contribution in [2.45, 2.75) is 33.4 Å². The van der Waals surface area contributed by atoms with Crippen LogP contribution in [0.25, 0.3) is 0 Å². The summed E-state index contributed by atoms with van der Waals surface area (Å²) in [6.07, 6.45) is 3.40. The van der Waals surface area contributed by atoms with E-state index in [1.165, 1.54) is 0 Å². The second-order valence-electron chi connectivity index (χ2n) is 6.14. The smallest absolute Gasteiger partial charge is 0.251 e. The molecule has 0 fully saturated rings. The lowest BCUT2D eigenvalue weighted by molar-refractivity contribution is -0.120. The lowest BCUT2D eigenvalue weighted by atomic mass is 10.2. The third kappa shape index (κ3) is 6.62. The average molecular weight is 371 g/mol. The summed E-state index contributed by atoms with van der Waals surface area (Å²) >= 11 is 0. The van der Waals surface area contributed by atoms with E-state index in [9.17, 15) is 9.59 Å². The highest BCUT2D eigenvalue weighted by molar-refractivity contribution is 5.97. The minimum absolute atomic E-state index is 0.0239. The third-order valence-corrected chi connectivity index (χ3v) is 3.51. The summed E-state index contributed by atoms with van der Waals surface area (Å²) < 4.78 is 11.4. The molecule has 0 radical (unpaired) electrons. The topological polar surface area (TPSA) is 89.5 Å². The van der Waals surface area contributed by atoms with Gasteiger partial charge < -0.3 is 20.1 Å². The molecule has 0 unspecified atom stereocenters. The zero-order valence-electron chi connectivity index (χ0n) is 15.8. The molecule has 2 N–H and O–H groups in total. The third-order valence-electron chi connectivity index (χ3n) is 3.51. The molecule has 144 valence electrons. The van der Waals surface area contributed by atoms with Gasteiger partial charge in [0.1, 0.15) is 6.61 Å². The summed E-state index contributed by atoms with van der Waals surface area (Å²) in [7, 11) is 0. The van der Waals surface area contributed by atoms with Gasteiger partial charge in [-0.05, 0) is 56.7 Å². The standard InChI is InChI=1S/C20H25N3O4/c1-4-26-18-11-16(20(25)22-12-19(24)23-14(2)3)5-6-17(18)27-13-15-7-9-21-10-8-15/h5-11,14H,4,12-13H2,1-3H3,(H,22,25)(H,23,24). The van der Waals surface area contributed by atoms with Gasteiger partial charge in [-0.1, -0.05) is 0 Å². The molecule has 0 aliphatic carbocycles. The van der Waals surface area contributed by atoms with Crippen molar-refractivity contribution in [3.8, 4) is 11.5 Å². The van der Waals surface area contributed by atoms with Crippen LogP contribution in [0, 0.1) is 0 Å². The van der Waals surface area contributed by atoms with Gasteiger partial charge in [0, 0.05) is 24.0 Å². The van der Waals surface area contributed by atoms with E-state index < -0.39 is 0 Å². The Labute approximate surface area is 159 Å². The maximum absolute atomic E-state index is 12.3. The number of nitrogens with one attached hydrogen (secondary N) is 2. The molecule has 27 heavy (non-hydrogen) atoms. The number of hydrogen-bond acceptors (Lipinski definition) is 5. The fraction of sp³-hybridized carbons (Fsp3) is 0.350. The van der Waals surface area contributed by atoms with Crippen LogP contribution in [0.4, 0.5) is 0 Å². The second kappa shape index (κ2) is 10.2. The minimum Gasteiger partial charge on any atom is -0.490 e. The summed E-state index contributed by atoms with van der Waals surface area (Å²) in [6.45, 7) is 6.30. The molecule has 0 atom stereocenters. The monoisotopic (exact) mass is 371 g/mol. The van der Waals surface area contributed by atoms with Gasteiger partial charge in [0.25, 0.3) is 5.91 Å². The quantitative estimate of drug-likeness (QED) is 0.706. The van der Waals surface area contributed by atoms with Crippen molar-refractivity contribution in [2.75, 3.05) is 13.2 Å². The van der Waals surface area contributed by atoms with Gasteiger partial charge >= 0.3 is 0 Å². The van der Waals surface area contributed by atoms with Crippen molar-refractivity contribution in [3.05, 3.63) is 53.9 Å². The molecule has 2 aromatic rings. The van der Waals surface area contributed by atoms with Gasteiger partial charge in [-0.3, -0.25) is 14.6 Å². The number of rotatable bonds is 9. The van der Waals surface area contributed by atoms with E-state index in [0.29, 0.717) is 30.3 Å². The maximum Gasteiger partial charge on any atom is 0.251 e. The summed E-state index contributed by atoms with van der Waals surface area (Å²) in [6, 6.07) is 8.70.